The lowest BCUT2D eigenvalue weighted by Crippen LogP contribution is -2.24. The van der Waals surface area contributed by atoms with Gasteiger partial charge in [0.2, 0.25) is 0 Å². The maximum absolute atomic E-state index is 10.7. The number of aryl methyl sites for hydroxylation is 2. The van der Waals surface area contributed by atoms with Gasteiger partial charge in [0.15, 0.2) is 0 Å². The molecule has 1 aromatic carbocycles. The molecule has 0 fully saturated rings. The predicted molar refractivity (Wildman–Crippen MR) is 57.4 cm³/mol. The van der Waals surface area contributed by atoms with Crippen LogP contribution in [-0.2, 0) is 6.42 Å². The van der Waals surface area contributed by atoms with Gasteiger partial charge in [0.1, 0.15) is 0 Å². The largest absolute Gasteiger partial charge is 0.229 e. The number of anilines is 1. The molecule has 3 nitrogen and oxygen atoms in total. The minimum Gasteiger partial charge on any atom is -0.229 e. The van der Waals surface area contributed by atoms with Crippen LogP contribution in [0.25, 0.3) is 0 Å². The molecule has 0 aromatic heterocycles. The van der Waals surface area contributed by atoms with Gasteiger partial charge in [-0.15, -0.1) is 4.91 Å². The van der Waals surface area contributed by atoms with Crippen LogP contribution >= 0.6 is 0 Å². The number of nitrogens with zero attached hydrogens (tertiary/aromatic N) is 2. The molecule has 0 atom stereocenters. The van der Waals surface area contributed by atoms with Gasteiger partial charge >= 0.3 is 0 Å². The van der Waals surface area contributed by atoms with Crippen LogP contribution in [0.15, 0.2) is 17.4 Å². The highest BCUT2D eigenvalue weighted by Crippen LogP contribution is 2.32. The van der Waals surface area contributed by atoms with Gasteiger partial charge in [-0.3, -0.25) is 0 Å². The maximum Gasteiger partial charge on any atom is 0.0689 e. The van der Waals surface area contributed by atoms with Crippen LogP contribution in [0.3, 0.4) is 0 Å². The fourth-order valence-electron chi connectivity index (χ4n) is 2.03. The fourth-order valence-corrected chi connectivity index (χ4v) is 2.03. The Morgan fingerprint density at radius 2 is 2.14 bits per heavy atom. The van der Waals surface area contributed by atoms with Crippen LogP contribution in [0, 0.1) is 18.8 Å². The Balaban J connectivity index is 2.58. The van der Waals surface area contributed by atoms with Crippen LogP contribution in [0.2, 0.25) is 0 Å². The lowest BCUT2D eigenvalue weighted by molar-refractivity contribution is 0.708. The van der Waals surface area contributed by atoms with Crippen molar-refractivity contribution in [3.8, 4) is 0 Å². The first-order chi connectivity index (χ1) is 6.74. The Morgan fingerprint density at radius 1 is 1.36 bits per heavy atom. The minimum atomic E-state index is 0.751. The summed E-state index contributed by atoms with van der Waals surface area (Å²) in [6, 6.07) is 4.22. The molecule has 0 amide bonds. The van der Waals surface area contributed by atoms with Crippen LogP contribution in [0.4, 0.5) is 5.69 Å². The van der Waals surface area contributed by atoms with Crippen molar-refractivity contribution in [2.75, 3.05) is 11.6 Å². The molecule has 3 heteroatoms. The van der Waals surface area contributed by atoms with Gasteiger partial charge in [-0.25, -0.2) is 5.01 Å². The van der Waals surface area contributed by atoms with E-state index in [2.05, 4.69) is 31.3 Å². The lowest BCUT2D eigenvalue weighted by Gasteiger charge is -2.26. The molecule has 0 N–H and O–H groups in total. The van der Waals surface area contributed by atoms with Gasteiger partial charge in [0.25, 0.3) is 0 Å². The van der Waals surface area contributed by atoms with E-state index in [1.807, 2.05) is 0 Å². The summed E-state index contributed by atoms with van der Waals surface area (Å²) in [5.41, 5.74) is 4.69. The van der Waals surface area contributed by atoms with Gasteiger partial charge in [0, 0.05) is 6.54 Å². The standard InChI is InChI=1S/C11H14N2O/c1-8-5-6-10-4-3-7-13(12-14)11(10)9(8)2/h5-6H,3-4,7H2,1-2H3. The van der Waals surface area contributed by atoms with E-state index in [1.54, 1.807) is 5.01 Å². The third kappa shape index (κ3) is 1.29. The number of hydrogen-bond acceptors (Lipinski definition) is 2. The summed E-state index contributed by atoms with van der Waals surface area (Å²) in [5, 5.41) is 4.66. The van der Waals surface area contributed by atoms with Crippen molar-refractivity contribution in [2.24, 2.45) is 5.29 Å². The number of nitroso groups, excluding NO2 is 1. The van der Waals surface area contributed by atoms with E-state index in [0.717, 1.165) is 25.1 Å². The van der Waals surface area contributed by atoms with E-state index in [0.29, 0.717) is 0 Å². The molecule has 0 unspecified atom stereocenters. The normalized spacial score (nSPS) is 15.1. The molecule has 0 saturated heterocycles. The fraction of sp³-hybridized carbons (Fsp3) is 0.455. The summed E-state index contributed by atoms with van der Waals surface area (Å²) in [7, 11) is 0. The Labute approximate surface area is 83.7 Å². The van der Waals surface area contributed by atoms with E-state index in [4.69, 9.17) is 0 Å². The highest BCUT2D eigenvalue weighted by Gasteiger charge is 2.19. The molecule has 0 radical (unpaired) electrons. The second-order valence-electron chi connectivity index (χ2n) is 3.82. The number of rotatable bonds is 1. The predicted octanol–water partition coefficient (Wildman–Crippen LogP) is 2.74. The van der Waals surface area contributed by atoms with E-state index in [9.17, 15) is 4.91 Å². The summed E-state index contributed by atoms with van der Waals surface area (Å²) in [5.74, 6) is 0. The average Bonchev–Trinajstić information content (AvgIpc) is 2.23. The van der Waals surface area contributed by atoms with E-state index >= 15 is 0 Å². The Morgan fingerprint density at radius 3 is 2.86 bits per heavy atom. The second kappa shape index (κ2) is 3.40. The smallest absolute Gasteiger partial charge is 0.0689 e. The van der Waals surface area contributed by atoms with Crippen molar-refractivity contribution in [1.29, 1.82) is 0 Å². The van der Waals surface area contributed by atoms with Crippen molar-refractivity contribution in [3.63, 3.8) is 0 Å². The molecule has 1 aromatic rings. The first-order valence-electron chi connectivity index (χ1n) is 4.94. The maximum atomic E-state index is 10.7. The van der Waals surface area contributed by atoms with E-state index in [1.165, 1.54) is 16.7 Å². The molecular formula is C11H14N2O. The third-order valence-electron chi connectivity index (χ3n) is 2.96. The SMILES string of the molecule is Cc1ccc2c(c1C)N(N=O)CCC2. The molecule has 1 aliphatic heterocycles. The van der Waals surface area contributed by atoms with E-state index in [-0.39, 0.29) is 0 Å². The number of benzene rings is 1. The van der Waals surface area contributed by atoms with Gasteiger partial charge in [-0.1, -0.05) is 12.1 Å². The summed E-state index contributed by atoms with van der Waals surface area (Å²) in [4.78, 5) is 10.7. The zero-order valence-corrected chi connectivity index (χ0v) is 8.58. The zero-order valence-electron chi connectivity index (χ0n) is 8.58. The monoisotopic (exact) mass is 190 g/mol. The van der Waals surface area contributed by atoms with Crippen LogP contribution < -0.4 is 5.01 Å². The quantitative estimate of drug-likeness (QED) is 0.638. The summed E-state index contributed by atoms with van der Waals surface area (Å²) in [6.07, 6.45) is 2.07. The summed E-state index contributed by atoms with van der Waals surface area (Å²) in [6.45, 7) is 4.87. The molecule has 74 valence electrons. The molecule has 14 heavy (non-hydrogen) atoms. The van der Waals surface area contributed by atoms with Gasteiger partial charge in [0.05, 0.1) is 11.0 Å². The minimum absolute atomic E-state index is 0.751. The number of fused-ring (bicyclic) bond motifs is 1. The van der Waals surface area contributed by atoms with Crippen molar-refractivity contribution < 1.29 is 0 Å². The average molecular weight is 190 g/mol. The molecule has 0 bridgehead atoms. The molecule has 1 aliphatic rings. The topological polar surface area (TPSA) is 32.7 Å². The first kappa shape index (κ1) is 9.19. The third-order valence-corrected chi connectivity index (χ3v) is 2.96. The van der Waals surface area contributed by atoms with Gasteiger partial charge in [-0.2, -0.15) is 0 Å². The van der Waals surface area contributed by atoms with Gasteiger partial charge in [-0.05, 0) is 43.4 Å². The molecule has 1 heterocycles. The van der Waals surface area contributed by atoms with Crippen molar-refractivity contribution >= 4 is 5.69 Å². The molecule has 0 spiro atoms. The number of hydrogen-bond donors (Lipinski definition) is 0. The van der Waals surface area contributed by atoms with Crippen LogP contribution in [0.1, 0.15) is 23.1 Å². The molecular weight excluding hydrogens is 176 g/mol. The van der Waals surface area contributed by atoms with Crippen molar-refractivity contribution in [3.05, 3.63) is 33.7 Å². The highest BCUT2D eigenvalue weighted by molar-refractivity contribution is 5.62. The van der Waals surface area contributed by atoms with Crippen molar-refractivity contribution in [2.45, 2.75) is 26.7 Å². The van der Waals surface area contributed by atoms with Crippen LogP contribution in [0.5, 0.6) is 0 Å². The van der Waals surface area contributed by atoms with Gasteiger partial charge < -0.3 is 0 Å². The molecule has 0 aliphatic carbocycles. The Hall–Kier alpha value is -1.38. The highest BCUT2D eigenvalue weighted by atomic mass is 16.3. The summed E-state index contributed by atoms with van der Waals surface area (Å²) >= 11 is 0. The Bertz CT molecular complexity index is 374. The first-order valence-corrected chi connectivity index (χ1v) is 4.94. The zero-order chi connectivity index (χ0) is 10.1. The van der Waals surface area contributed by atoms with E-state index < -0.39 is 0 Å². The second-order valence-corrected chi connectivity index (χ2v) is 3.82. The Kier molecular flexibility index (Phi) is 2.23. The molecule has 0 saturated carbocycles. The van der Waals surface area contributed by atoms with Crippen molar-refractivity contribution in [1.82, 2.24) is 0 Å². The lowest BCUT2D eigenvalue weighted by atomic mass is 9.96. The van der Waals surface area contributed by atoms with Crippen LogP contribution in [-0.4, -0.2) is 6.54 Å². The summed E-state index contributed by atoms with van der Waals surface area (Å²) < 4.78 is 0. The molecule has 2 rings (SSSR count).